The Labute approximate surface area is 184 Å². The first kappa shape index (κ1) is 21.6. The number of imide groups is 2. The molecule has 1 aliphatic heterocycles. The molecule has 11 heteroatoms. The Kier molecular flexibility index (Phi) is 6.31. The lowest BCUT2D eigenvalue weighted by atomic mass is 10.1. The van der Waals surface area contributed by atoms with E-state index in [-0.39, 0.29) is 32.6 Å². The molecule has 0 saturated carbocycles. The van der Waals surface area contributed by atoms with Gasteiger partial charge in [-0.2, -0.15) is 0 Å². The van der Waals surface area contributed by atoms with Gasteiger partial charge in [0.1, 0.15) is 12.2 Å². The summed E-state index contributed by atoms with van der Waals surface area (Å²) < 4.78 is 4.96. The van der Waals surface area contributed by atoms with Crippen molar-refractivity contribution in [2.75, 3.05) is 11.5 Å². The lowest BCUT2D eigenvalue weighted by molar-refractivity contribution is -0.307. The fourth-order valence-corrected chi connectivity index (χ4v) is 3.32. The van der Waals surface area contributed by atoms with Crippen molar-refractivity contribution in [2.45, 2.75) is 0 Å². The second-order valence-corrected chi connectivity index (χ2v) is 7.16. The highest BCUT2D eigenvalue weighted by molar-refractivity contribution is 6.40. The molecule has 0 radical (unpaired) electrons. The van der Waals surface area contributed by atoms with Crippen LogP contribution in [0, 0.1) is 0 Å². The zero-order chi connectivity index (χ0) is 22.0. The van der Waals surface area contributed by atoms with Gasteiger partial charge in [-0.1, -0.05) is 34.8 Å². The molecule has 1 fully saturated rings. The standard InChI is InChI=1S/C19H11Cl3N2O6/c20-10-1-3-11(4-2-10)24-18(28)12(17(27)23-19(24)29)5-9-6-13(21)16(14(22)7-9)30-8-15(25)26/h1-7H,8H2,(H,25,26)(H,23,27,29)/p-1/b12-5+. The molecule has 0 aliphatic carbocycles. The van der Waals surface area contributed by atoms with Crippen LogP contribution in [0.4, 0.5) is 10.5 Å². The Morgan fingerprint density at radius 1 is 1.07 bits per heavy atom. The molecule has 2 aromatic carbocycles. The van der Waals surface area contributed by atoms with E-state index in [1.807, 2.05) is 0 Å². The first-order chi connectivity index (χ1) is 14.2. The predicted molar refractivity (Wildman–Crippen MR) is 107 cm³/mol. The van der Waals surface area contributed by atoms with Crippen molar-refractivity contribution >= 4 is 70.4 Å². The average Bonchev–Trinajstić information content (AvgIpc) is 2.65. The van der Waals surface area contributed by atoms with Gasteiger partial charge in [-0.25, -0.2) is 9.69 Å². The zero-order valence-electron chi connectivity index (χ0n) is 14.8. The summed E-state index contributed by atoms with van der Waals surface area (Å²) in [7, 11) is 0. The molecule has 1 saturated heterocycles. The van der Waals surface area contributed by atoms with Crippen LogP contribution in [0.25, 0.3) is 6.08 Å². The smallest absolute Gasteiger partial charge is 0.335 e. The van der Waals surface area contributed by atoms with Crippen LogP contribution in [0.1, 0.15) is 5.56 Å². The summed E-state index contributed by atoms with van der Waals surface area (Å²) in [6, 6.07) is 7.59. The molecule has 1 N–H and O–H groups in total. The maximum absolute atomic E-state index is 12.8. The number of urea groups is 1. The zero-order valence-corrected chi connectivity index (χ0v) is 17.0. The number of benzene rings is 2. The first-order valence-electron chi connectivity index (χ1n) is 8.16. The summed E-state index contributed by atoms with van der Waals surface area (Å²) in [5, 5.41) is 12.9. The molecule has 0 unspecified atom stereocenters. The number of carboxylic acid groups (broad SMARTS) is 1. The molecule has 0 spiro atoms. The SMILES string of the molecule is O=C([O-])COc1c(Cl)cc(/C=C2\C(=O)NC(=O)N(c3ccc(Cl)cc3)C2=O)cc1Cl. The molecular formula is C19H10Cl3N2O6-. The number of carbonyl (C=O) groups is 4. The number of ether oxygens (including phenoxy) is 1. The highest BCUT2D eigenvalue weighted by Gasteiger charge is 2.36. The van der Waals surface area contributed by atoms with Gasteiger partial charge in [0.2, 0.25) is 0 Å². The van der Waals surface area contributed by atoms with Gasteiger partial charge in [0.25, 0.3) is 11.8 Å². The minimum absolute atomic E-state index is 0.0510. The number of hydrogen-bond acceptors (Lipinski definition) is 6. The number of halogens is 3. The van der Waals surface area contributed by atoms with Gasteiger partial charge in [0.05, 0.1) is 21.7 Å². The quantitative estimate of drug-likeness (QED) is 0.532. The van der Waals surface area contributed by atoms with Crippen molar-refractivity contribution in [3.8, 4) is 5.75 Å². The summed E-state index contributed by atoms with van der Waals surface area (Å²) in [4.78, 5) is 48.6. The fourth-order valence-electron chi connectivity index (χ4n) is 2.58. The monoisotopic (exact) mass is 467 g/mol. The Morgan fingerprint density at radius 2 is 1.67 bits per heavy atom. The number of rotatable bonds is 5. The molecule has 4 amide bonds. The Bertz CT molecular complexity index is 1070. The number of hydrogen-bond donors (Lipinski definition) is 1. The van der Waals surface area contributed by atoms with E-state index in [1.165, 1.54) is 42.5 Å². The normalized spacial score (nSPS) is 15.4. The predicted octanol–water partition coefficient (Wildman–Crippen LogP) is 2.44. The second-order valence-electron chi connectivity index (χ2n) is 5.91. The Balaban J connectivity index is 1.96. The molecule has 1 aliphatic rings. The third kappa shape index (κ3) is 4.56. The van der Waals surface area contributed by atoms with Crippen LogP contribution < -0.4 is 20.1 Å². The van der Waals surface area contributed by atoms with Gasteiger partial charge in [-0.3, -0.25) is 14.9 Å². The van der Waals surface area contributed by atoms with Gasteiger partial charge in [0.15, 0.2) is 5.75 Å². The van der Waals surface area contributed by atoms with Crippen molar-refractivity contribution in [1.82, 2.24) is 5.32 Å². The van der Waals surface area contributed by atoms with E-state index in [1.54, 1.807) is 0 Å². The average molecular weight is 469 g/mol. The van der Waals surface area contributed by atoms with Crippen LogP contribution in [-0.2, 0) is 14.4 Å². The summed E-state index contributed by atoms with van der Waals surface area (Å²) >= 11 is 17.9. The van der Waals surface area contributed by atoms with E-state index in [0.29, 0.717) is 5.02 Å². The maximum Gasteiger partial charge on any atom is 0.335 e. The number of carbonyl (C=O) groups excluding carboxylic acids is 4. The molecule has 1 heterocycles. The molecule has 2 aromatic rings. The fraction of sp³-hybridized carbons (Fsp3) is 0.0526. The van der Waals surface area contributed by atoms with E-state index < -0.39 is 30.4 Å². The third-order valence-corrected chi connectivity index (χ3v) is 4.67. The van der Waals surface area contributed by atoms with Gasteiger partial charge >= 0.3 is 6.03 Å². The molecular weight excluding hydrogens is 459 g/mol. The van der Waals surface area contributed by atoms with E-state index in [9.17, 15) is 24.3 Å². The maximum atomic E-state index is 12.8. The van der Waals surface area contributed by atoms with E-state index in [4.69, 9.17) is 39.5 Å². The summed E-state index contributed by atoms with van der Waals surface area (Å²) in [5.74, 6) is -3.33. The number of barbiturate groups is 1. The summed E-state index contributed by atoms with van der Waals surface area (Å²) in [6.07, 6.45) is 1.19. The number of carboxylic acids is 1. The molecule has 0 aromatic heterocycles. The first-order valence-corrected chi connectivity index (χ1v) is 9.29. The van der Waals surface area contributed by atoms with Crippen LogP contribution in [0.2, 0.25) is 15.1 Å². The lowest BCUT2D eigenvalue weighted by Crippen LogP contribution is -2.54. The van der Waals surface area contributed by atoms with Crippen molar-refractivity contribution in [2.24, 2.45) is 0 Å². The van der Waals surface area contributed by atoms with Crippen molar-refractivity contribution in [3.05, 3.63) is 62.6 Å². The summed E-state index contributed by atoms with van der Waals surface area (Å²) in [5.41, 5.74) is 0.109. The molecule has 154 valence electrons. The van der Waals surface area contributed by atoms with Gasteiger partial charge in [-0.05, 0) is 48.0 Å². The second kappa shape index (κ2) is 8.74. The number of amides is 4. The minimum atomic E-state index is -1.47. The van der Waals surface area contributed by atoms with E-state index >= 15 is 0 Å². The number of aliphatic carboxylic acids is 1. The van der Waals surface area contributed by atoms with Crippen LogP contribution in [0.5, 0.6) is 5.75 Å². The third-order valence-electron chi connectivity index (χ3n) is 3.85. The van der Waals surface area contributed by atoms with Gasteiger partial charge < -0.3 is 14.6 Å². The Morgan fingerprint density at radius 3 is 2.23 bits per heavy atom. The molecule has 0 bridgehead atoms. The van der Waals surface area contributed by atoms with Crippen LogP contribution in [0.15, 0.2) is 42.0 Å². The van der Waals surface area contributed by atoms with Gasteiger partial charge in [0, 0.05) is 5.02 Å². The number of nitrogens with one attached hydrogen (secondary N) is 1. The topological polar surface area (TPSA) is 116 Å². The number of anilines is 1. The van der Waals surface area contributed by atoms with Crippen LogP contribution in [0.3, 0.4) is 0 Å². The molecule has 8 nitrogen and oxygen atoms in total. The van der Waals surface area contributed by atoms with Crippen LogP contribution in [-0.4, -0.2) is 30.4 Å². The Hall–Kier alpha value is -3.07. The molecule has 30 heavy (non-hydrogen) atoms. The summed E-state index contributed by atoms with van der Waals surface area (Å²) in [6.45, 7) is -0.765. The van der Waals surface area contributed by atoms with E-state index in [2.05, 4.69) is 5.32 Å². The van der Waals surface area contributed by atoms with Crippen molar-refractivity contribution in [3.63, 3.8) is 0 Å². The largest absolute Gasteiger partial charge is 0.546 e. The minimum Gasteiger partial charge on any atom is -0.546 e. The van der Waals surface area contributed by atoms with Gasteiger partial charge in [-0.15, -0.1) is 0 Å². The highest BCUT2D eigenvalue weighted by atomic mass is 35.5. The van der Waals surface area contributed by atoms with E-state index in [0.717, 1.165) is 4.90 Å². The van der Waals surface area contributed by atoms with Crippen molar-refractivity contribution in [1.29, 1.82) is 0 Å². The number of nitrogens with zero attached hydrogens (tertiary/aromatic N) is 1. The molecule has 3 rings (SSSR count). The lowest BCUT2D eigenvalue weighted by Gasteiger charge is -2.26. The van der Waals surface area contributed by atoms with Crippen LogP contribution >= 0.6 is 34.8 Å². The molecule has 0 atom stereocenters. The van der Waals surface area contributed by atoms with Crippen molar-refractivity contribution < 1.29 is 29.0 Å². The highest BCUT2D eigenvalue weighted by Crippen LogP contribution is 2.35.